The SMILES string of the molecule is N#Cc1ccc(S(=O)(=O)NCc2nc(N3CCCC3)c3ccccc3n2)cc1. The van der Waals surface area contributed by atoms with Gasteiger partial charge in [-0.05, 0) is 49.2 Å². The molecule has 28 heavy (non-hydrogen) atoms. The molecular formula is C20H19N5O2S. The Bertz CT molecular complexity index is 1150. The number of hydrogen-bond donors (Lipinski definition) is 1. The summed E-state index contributed by atoms with van der Waals surface area (Å²) in [6, 6.07) is 15.5. The molecule has 142 valence electrons. The van der Waals surface area contributed by atoms with Crippen LogP contribution in [-0.2, 0) is 16.6 Å². The van der Waals surface area contributed by atoms with Crippen LogP contribution in [0.3, 0.4) is 0 Å². The van der Waals surface area contributed by atoms with Gasteiger partial charge in [0.2, 0.25) is 10.0 Å². The highest BCUT2D eigenvalue weighted by Gasteiger charge is 2.19. The molecule has 0 aliphatic carbocycles. The number of fused-ring (bicyclic) bond motifs is 1. The van der Waals surface area contributed by atoms with Crippen LogP contribution in [0, 0.1) is 11.3 Å². The molecule has 0 radical (unpaired) electrons. The second-order valence-electron chi connectivity index (χ2n) is 6.64. The number of sulfonamides is 1. The van der Waals surface area contributed by atoms with Gasteiger partial charge in [0.25, 0.3) is 0 Å². The smallest absolute Gasteiger partial charge is 0.240 e. The van der Waals surface area contributed by atoms with E-state index in [0.717, 1.165) is 42.7 Å². The Morgan fingerprint density at radius 2 is 1.75 bits per heavy atom. The molecular weight excluding hydrogens is 374 g/mol. The van der Waals surface area contributed by atoms with Gasteiger partial charge in [-0.25, -0.2) is 23.1 Å². The summed E-state index contributed by atoms with van der Waals surface area (Å²) in [6.07, 6.45) is 2.25. The fourth-order valence-corrected chi connectivity index (χ4v) is 4.29. The second kappa shape index (κ2) is 7.54. The van der Waals surface area contributed by atoms with E-state index in [4.69, 9.17) is 5.26 Å². The molecule has 8 heteroatoms. The first-order chi connectivity index (χ1) is 13.6. The average Bonchev–Trinajstić information content (AvgIpc) is 3.26. The number of para-hydroxylation sites is 1. The average molecular weight is 393 g/mol. The first-order valence-corrected chi connectivity index (χ1v) is 10.6. The van der Waals surface area contributed by atoms with E-state index in [1.807, 2.05) is 30.3 Å². The van der Waals surface area contributed by atoms with Crippen LogP contribution in [0.1, 0.15) is 24.2 Å². The normalized spacial score (nSPS) is 14.3. The standard InChI is InChI=1S/C20H19N5O2S/c21-13-15-7-9-16(10-8-15)28(26,27)22-14-19-23-18-6-2-1-5-17(18)20(24-19)25-11-3-4-12-25/h1-2,5-10,22H,3-4,11-12,14H2. The van der Waals surface area contributed by atoms with Crippen molar-refractivity contribution in [2.45, 2.75) is 24.3 Å². The van der Waals surface area contributed by atoms with Gasteiger partial charge in [-0.3, -0.25) is 0 Å². The van der Waals surface area contributed by atoms with Crippen LogP contribution in [0.25, 0.3) is 10.9 Å². The summed E-state index contributed by atoms with van der Waals surface area (Å²) >= 11 is 0. The quantitative estimate of drug-likeness (QED) is 0.715. The van der Waals surface area contributed by atoms with Crippen molar-refractivity contribution in [1.29, 1.82) is 5.26 Å². The first kappa shape index (κ1) is 18.3. The Balaban J connectivity index is 1.61. The summed E-state index contributed by atoms with van der Waals surface area (Å²) in [6.45, 7) is 1.88. The zero-order valence-corrected chi connectivity index (χ0v) is 16.0. The lowest BCUT2D eigenvalue weighted by atomic mass is 10.2. The predicted molar refractivity (Wildman–Crippen MR) is 106 cm³/mol. The highest BCUT2D eigenvalue weighted by molar-refractivity contribution is 7.89. The van der Waals surface area contributed by atoms with E-state index in [1.54, 1.807) is 0 Å². The maximum Gasteiger partial charge on any atom is 0.240 e. The highest BCUT2D eigenvalue weighted by atomic mass is 32.2. The topological polar surface area (TPSA) is 99.0 Å². The molecule has 2 aromatic carbocycles. The van der Waals surface area contributed by atoms with E-state index in [-0.39, 0.29) is 11.4 Å². The zero-order valence-electron chi connectivity index (χ0n) is 15.2. The molecule has 2 heterocycles. The third-order valence-electron chi connectivity index (χ3n) is 4.75. The van der Waals surface area contributed by atoms with Gasteiger partial charge in [0.1, 0.15) is 11.6 Å². The van der Waals surface area contributed by atoms with Crippen molar-refractivity contribution in [2.75, 3.05) is 18.0 Å². The molecule has 1 fully saturated rings. The van der Waals surface area contributed by atoms with Crippen molar-refractivity contribution in [2.24, 2.45) is 0 Å². The monoisotopic (exact) mass is 393 g/mol. The van der Waals surface area contributed by atoms with Crippen molar-refractivity contribution >= 4 is 26.7 Å². The van der Waals surface area contributed by atoms with Crippen LogP contribution in [0.15, 0.2) is 53.4 Å². The van der Waals surface area contributed by atoms with Gasteiger partial charge < -0.3 is 4.90 Å². The zero-order chi connectivity index (χ0) is 19.6. The van der Waals surface area contributed by atoms with Crippen molar-refractivity contribution in [3.63, 3.8) is 0 Å². The molecule has 0 amide bonds. The van der Waals surface area contributed by atoms with Gasteiger partial charge in [-0.2, -0.15) is 5.26 Å². The van der Waals surface area contributed by atoms with E-state index in [1.165, 1.54) is 24.3 Å². The van der Waals surface area contributed by atoms with Crippen LogP contribution in [0.2, 0.25) is 0 Å². The molecule has 1 aliphatic heterocycles. The Morgan fingerprint density at radius 1 is 1.04 bits per heavy atom. The van der Waals surface area contributed by atoms with Gasteiger partial charge in [0.05, 0.1) is 28.6 Å². The molecule has 0 unspecified atom stereocenters. The van der Waals surface area contributed by atoms with E-state index in [0.29, 0.717) is 11.4 Å². The maximum atomic E-state index is 12.5. The van der Waals surface area contributed by atoms with Crippen LogP contribution in [0.4, 0.5) is 5.82 Å². The maximum absolute atomic E-state index is 12.5. The molecule has 1 N–H and O–H groups in total. The van der Waals surface area contributed by atoms with Crippen molar-refractivity contribution in [1.82, 2.24) is 14.7 Å². The Kier molecular flexibility index (Phi) is 4.94. The van der Waals surface area contributed by atoms with Gasteiger partial charge in [-0.1, -0.05) is 12.1 Å². The molecule has 0 bridgehead atoms. The third kappa shape index (κ3) is 3.67. The summed E-state index contributed by atoms with van der Waals surface area (Å²) in [5.41, 5.74) is 1.21. The number of rotatable bonds is 5. The fraction of sp³-hybridized carbons (Fsp3) is 0.250. The summed E-state index contributed by atoms with van der Waals surface area (Å²) in [5, 5.41) is 9.83. The summed E-state index contributed by atoms with van der Waals surface area (Å²) in [4.78, 5) is 11.5. The van der Waals surface area contributed by atoms with Crippen LogP contribution >= 0.6 is 0 Å². The Morgan fingerprint density at radius 3 is 2.46 bits per heavy atom. The van der Waals surface area contributed by atoms with Crippen LogP contribution in [0.5, 0.6) is 0 Å². The number of hydrogen-bond acceptors (Lipinski definition) is 6. The van der Waals surface area contributed by atoms with Gasteiger partial charge >= 0.3 is 0 Å². The van der Waals surface area contributed by atoms with Crippen LogP contribution in [-0.4, -0.2) is 31.5 Å². The molecule has 3 aromatic rings. The van der Waals surface area contributed by atoms with E-state index >= 15 is 0 Å². The van der Waals surface area contributed by atoms with E-state index in [2.05, 4.69) is 19.6 Å². The molecule has 0 saturated carbocycles. The van der Waals surface area contributed by atoms with Crippen molar-refractivity contribution < 1.29 is 8.42 Å². The Labute approximate surface area is 163 Å². The minimum atomic E-state index is -3.72. The van der Waals surface area contributed by atoms with Crippen molar-refractivity contribution in [3.8, 4) is 6.07 Å². The second-order valence-corrected chi connectivity index (χ2v) is 8.40. The fourth-order valence-electron chi connectivity index (χ4n) is 3.31. The first-order valence-electron chi connectivity index (χ1n) is 9.07. The number of aromatic nitrogens is 2. The number of nitriles is 1. The van der Waals surface area contributed by atoms with Crippen molar-refractivity contribution in [3.05, 3.63) is 59.9 Å². The van der Waals surface area contributed by atoms with E-state index in [9.17, 15) is 8.42 Å². The third-order valence-corrected chi connectivity index (χ3v) is 6.17. The molecule has 0 atom stereocenters. The highest BCUT2D eigenvalue weighted by Crippen LogP contribution is 2.26. The minimum Gasteiger partial charge on any atom is -0.356 e. The number of benzene rings is 2. The minimum absolute atomic E-state index is 0.00594. The molecule has 0 spiro atoms. The lowest BCUT2D eigenvalue weighted by Gasteiger charge is -2.19. The largest absolute Gasteiger partial charge is 0.356 e. The number of anilines is 1. The number of nitrogens with zero attached hydrogens (tertiary/aromatic N) is 4. The van der Waals surface area contributed by atoms with E-state index < -0.39 is 10.0 Å². The van der Waals surface area contributed by atoms with Gasteiger partial charge in [0, 0.05) is 18.5 Å². The summed E-state index contributed by atoms with van der Waals surface area (Å²) < 4.78 is 27.7. The van der Waals surface area contributed by atoms with Gasteiger partial charge in [-0.15, -0.1) is 0 Å². The summed E-state index contributed by atoms with van der Waals surface area (Å²) in [5.74, 6) is 1.29. The number of nitrogens with one attached hydrogen (secondary N) is 1. The molecule has 4 rings (SSSR count). The lowest BCUT2D eigenvalue weighted by molar-refractivity contribution is 0.579. The molecule has 1 aromatic heterocycles. The predicted octanol–water partition coefficient (Wildman–Crippen LogP) is 2.58. The molecule has 7 nitrogen and oxygen atoms in total. The molecule has 1 aliphatic rings. The molecule has 1 saturated heterocycles. The lowest BCUT2D eigenvalue weighted by Crippen LogP contribution is -2.25. The van der Waals surface area contributed by atoms with Crippen LogP contribution < -0.4 is 9.62 Å². The van der Waals surface area contributed by atoms with Gasteiger partial charge in [0.15, 0.2) is 0 Å². The Hall–Kier alpha value is -3.02. The summed E-state index contributed by atoms with van der Waals surface area (Å²) in [7, 11) is -3.72.